The second-order valence-corrected chi connectivity index (χ2v) is 7.59. The number of hydrogen-bond acceptors (Lipinski definition) is 3. The van der Waals surface area contributed by atoms with Crippen molar-refractivity contribution >= 4 is 17.0 Å². The number of fused-ring (bicyclic) bond motifs is 1. The molecule has 0 radical (unpaired) electrons. The number of ether oxygens (including phenoxy) is 1. The molecule has 3 aromatic carbocycles. The minimum Gasteiger partial charge on any atom is -0.485 e. The van der Waals surface area contributed by atoms with Gasteiger partial charge in [-0.3, -0.25) is 4.79 Å². The van der Waals surface area contributed by atoms with Crippen LogP contribution in [0.25, 0.3) is 11.0 Å². The summed E-state index contributed by atoms with van der Waals surface area (Å²) in [6.07, 6.45) is 2.18. The molecule has 0 saturated heterocycles. The smallest absolute Gasteiger partial charge is 0.304 e. The molecule has 32 heavy (non-hydrogen) atoms. The van der Waals surface area contributed by atoms with Gasteiger partial charge in [0, 0.05) is 6.42 Å². The normalized spacial score (nSPS) is 12.5. The maximum atomic E-state index is 11.2. The van der Waals surface area contributed by atoms with E-state index in [-0.39, 0.29) is 18.4 Å². The highest BCUT2D eigenvalue weighted by molar-refractivity contribution is 5.75. The van der Waals surface area contributed by atoms with Crippen molar-refractivity contribution < 1.29 is 14.6 Å². The van der Waals surface area contributed by atoms with Crippen molar-refractivity contribution in [1.82, 2.24) is 9.97 Å². The lowest BCUT2D eigenvalue weighted by molar-refractivity contribution is -0.137. The lowest BCUT2D eigenvalue weighted by Gasteiger charge is -2.20. The number of rotatable bonds is 8. The van der Waals surface area contributed by atoms with Gasteiger partial charge in [-0.25, -0.2) is 4.98 Å². The molecule has 5 nitrogen and oxygen atoms in total. The SMILES string of the molecule is CC#CC(CC(=O)O)c1ccc(O[C@@H](Cc2ccccc2)c2ccc3nc[nH]c3c2)cc1. The highest BCUT2D eigenvalue weighted by atomic mass is 16.5. The number of imidazole rings is 1. The Labute approximate surface area is 187 Å². The van der Waals surface area contributed by atoms with Crippen LogP contribution in [-0.4, -0.2) is 21.0 Å². The Balaban J connectivity index is 1.60. The largest absolute Gasteiger partial charge is 0.485 e. The molecule has 1 unspecified atom stereocenters. The minimum absolute atomic E-state index is 0.0259. The van der Waals surface area contributed by atoms with Crippen molar-refractivity contribution in [3.63, 3.8) is 0 Å². The van der Waals surface area contributed by atoms with Crippen molar-refractivity contribution in [3.05, 3.63) is 95.8 Å². The number of carboxylic acid groups (broad SMARTS) is 1. The molecule has 0 bridgehead atoms. The molecule has 5 heteroatoms. The van der Waals surface area contributed by atoms with Crippen molar-refractivity contribution in [3.8, 4) is 17.6 Å². The summed E-state index contributed by atoms with van der Waals surface area (Å²) in [6, 6.07) is 23.9. The van der Waals surface area contributed by atoms with Gasteiger partial charge in [-0.2, -0.15) is 0 Å². The molecular weight excluding hydrogens is 400 g/mol. The van der Waals surface area contributed by atoms with E-state index in [9.17, 15) is 9.90 Å². The van der Waals surface area contributed by atoms with E-state index in [0.29, 0.717) is 6.42 Å². The summed E-state index contributed by atoms with van der Waals surface area (Å²) in [5, 5.41) is 9.17. The zero-order valence-corrected chi connectivity index (χ0v) is 17.8. The van der Waals surface area contributed by atoms with Crippen LogP contribution < -0.4 is 4.74 Å². The standard InChI is InChI=1S/C27H24N2O3/c1-2-6-21(17-27(30)31)20-9-12-23(13-10-20)32-26(15-19-7-4-3-5-8-19)22-11-14-24-25(16-22)29-18-28-24/h3-5,7-14,16,18,21,26H,15,17H2,1H3,(H,28,29)(H,30,31)/t21?,26-/m0/s1. The van der Waals surface area contributed by atoms with Gasteiger partial charge in [-0.15, -0.1) is 5.92 Å². The van der Waals surface area contributed by atoms with Gasteiger partial charge in [0.1, 0.15) is 11.9 Å². The van der Waals surface area contributed by atoms with Gasteiger partial charge in [0.2, 0.25) is 0 Å². The van der Waals surface area contributed by atoms with E-state index in [2.05, 4.69) is 40.0 Å². The molecule has 2 atom stereocenters. The van der Waals surface area contributed by atoms with Gasteiger partial charge in [0.15, 0.2) is 0 Å². The summed E-state index contributed by atoms with van der Waals surface area (Å²) < 4.78 is 6.42. The van der Waals surface area contributed by atoms with Crippen molar-refractivity contribution in [2.24, 2.45) is 0 Å². The van der Waals surface area contributed by atoms with E-state index in [1.807, 2.05) is 54.6 Å². The fraction of sp³-hybridized carbons (Fsp3) is 0.185. The van der Waals surface area contributed by atoms with Crippen LogP contribution in [-0.2, 0) is 11.2 Å². The summed E-state index contributed by atoms with van der Waals surface area (Å²) in [4.78, 5) is 18.6. The molecule has 0 aliphatic heterocycles. The minimum atomic E-state index is -0.866. The second-order valence-electron chi connectivity index (χ2n) is 7.59. The molecule has 0 amide bonds. The number of carboxylic acids is 1. The van der Waals surface area contributed by atoms with Gasteiger partial charge < -0.3 is 14.8 Å². The average molecular weight is 425 g/mol. The first kappa shape index (κ1) is 21.2. The van der Waals surface area contributed by atoms with E-state index < -0.39 is 5.97 Å². The van der Waals surface area contributed by atoms with Crippen LogP contribution in [0.2, 0.25) is 0 Å². The van der Waals surface area contributed by atoms with Crippen LogP contribution in [0.15, 0.2) is 79.1 Å². The number of aromatic nitrogens is 2. The number of aromatic amines is 1. The fourth-order valence-electron chi connectivity index (χ4n) is 3.75. The summed E-state index contributed by atoms with van der Waals surface area (Å²) in [5.74, 6) is 5.33. The monoisotopic (exact) mass is 424 g/mol. The molecule has 0 saturated carbocycles. The third kappa shape index (κ3) is 5.16. The number of H-pyrrole nitrogens is 1. The zero-order valence-electron chi connectivity index (χ0n) is 17.8. The number of nitrogens with zero attached hydrogens (tertiary/aromatic N) is 1. The van der Waals surface area contributed by atoms with E-state index >= 15 is 0 Å². The number of hydrogen-bond donors (Lipinski definition) is 2. The molecule has 0 fully saturated rings. The number of carbonyl (C=O) groups is 1. The summed E-state index contributed by atoms with van der Waals surface area (Å²) in [7, 11) is 0. The predicted octanol–water partition coefficient (Wildman–Crippen LogP) is 5.51. The average Bonchev–Trinajstić information content (AvgIpc) is 3.27. The maximum Gasteiger partial charge on any atom is 0.304 e. The first-order valence-electron chi connectivity index (χ1n) is 10.5. The first-order chi connectivity index (χ1) is 15.6. The van der Waals surface area contributed by atoms with Crippen molar-refractivity contribution in [2.45, 2.75) is 31.8 Å². The molecule has 4 aromatic rings. The van der Waals surface area contributed by atoms with Gasteiger partial charge in [0.05, 0.1) is 29.7 Å². The summed E-state index contributed by atoms with van der Waals surface area (Å²) in [6.45, 7) is 1.72. The van der Waals surface area contributed by atoms with Crippen LogP contribution >= 0.6 is 0 Å². The third-order valence-electron chi connectivity index (χ3n) is 5.34. The van der Waals surface area contributed by atoms with Crippen LogP contribution in [0.4, 0.5) is 0 Å². The van der Waals surface area contributed by atoms with Gasteiger partial charge in [-0.1, -0.05) is 54.5 Å². The zero-order chi connectivity index (χ0) is 22.3. The molecule has 0 spiro atoms. The second kappa shape index (κ2) is 9.84. The topological polar surface area (TPSA) is 75.2 Å². The predicted molar refractivity (Wildman–Crippen MR) is 124 cm³/mol. The highest BCUT2D eigenvalue weighted by Gasteiger charge is 2.17. The summed E-state index contributed by atoms with van der Waals surface area (Å²) in [5.41, 5.74) is 4.98. The Morgan fingerprint density at radius 1 is 1.06 bits per heavy atom. The van der Waals surface area contributed by atoms with Crippen molar-refractivity contribution in [1.29, 1.82) is 0 Å². The Hall–Kier alpha value is -4.04. The quantitative estimate of drug-likeness (QED) is 0.366. The summed E-state index contributed by atoms with van der Waals surface area (Å²) >= 11 is 0. The molecule has 0 aliphatic carbocycles. The molecule has 1 aromatic heterocycles. The molecular formula is C27H24N2O3. The first-order valence-corrected chi connectivity index (χ1v) is 10.5. The van der Waals surface area contributed by atoms with Crippen LogP contribution in [0.5, 0.6) is 5.75 Å². The highest BCUT2D eigenvalue weighted by Crippen LogP contribution is 2.29. The van der Waals surface area contributed by atoms with E-state index in [1.165, 1.54) is 5.56 Å². The molecule has 1 heterocycles. The van der Waals surface area contributed by atoms with Gasteiger partial charge >= 0.3 is 5.97 Å². The molecule has 0 aliphatic rings. The van der Waals surface area contributed by atoms with Gasteiger partial charge in [0.25, 0.3) is 0 Å². The Morgan fingerprint density at radius 3 is 2.53 bits per heavy atom. The Bertz CT molecular complexity index is 1250. The van der Waals surface area contributed by atoms with E-state index in [0.717, 1.165) is 27.9 Å². The van der Waals surface area contributed by atoms with E-state index in [1.54, 1.807) is 13.3 Å². The van der Waals surface area contributed by atoms with Crippen LogP contribution in [0.3, 0.4) is 0 Å². The van der Waals surface area contributed by atoms with Crippen LogP contribution in [0.1, 0.15) is 42.1 Å². The molecule has 4 rings (SSSR count). The Morgan fingerprint density at radius 2 is 1.81 bits per heavy atom. The third-order valence-corrected chi connectivity index (χ3v) is 5.34. The number of aliphatic carboxylic acids is 1. The Kier molecular flexibility index (Phi) is 6.52. The van der Waals surface area contributed by atoms with Crippen molar-refractivity contribution in [2.75, 3.05) is 0 Å². The number of benzene rings is 3. The van der Waals surface area contributed by atoms with Gasteiger partial charge in [-0.05, 0) is 47.9 Å². The lowest BCUT2D eigenvalue weighted by Crippen LogP contribution is -2.11. The van der Waals surface area contributed by atoms with E-state index in [4.69, 9.17) is 4.74 Å². The fourth-order valence-corrected chi connectivity index (χ4v) is 3.75. The molecule has 160 valence electrons. The molecule has 2 N–H and O–H groups in total. The maximum absolute atomic E-state index is 11.2. The van der Waals surface area contributed by atoms with Crippen LogP contribution in [0, 0.1) is 11.8 Å². The number of nitrogens with one attached hydrogen (secondary N) is 1. The lowest BCUT2D eigenvalue weighted by atomic mass is 9.96.